The third-order valence-electron chi connectivity index (χ3n) is 7.66. The molecule has 0 radical (unpaired) electrons. The molecule has 1 N–H and O–H groups in total. The number of alkyl halides is 5. The molecule has 0 aromatic heterocycles. The second-order valence-corrected chi connectivity index (χ2v) is 12.2. The summed E-state index contributed by atoms with van der Waals surface area (Å²) >= 11 is 0. The van der Waals surface area contributed by atoms with Crippen molar-refractivity contribution in [3.63, 3.8) is 0 Å². The van der Waals surface area contributed by atoms with Gasteiger partial charge in [-0.3, -0.25) is 9.35 Å². The Morgan fingerprint density at radius 3 is 1.92 bits per heavy atom. The molecular weight excluding hydrogens is 543 g/mol. The fourth-order valence-electron chi connectivity index (χ4n) is 6.17. The summed E-state index contributed by atoms with van der Waals surface area (Å²) in [6.07, 6.45) is -2.88. The minimum atomic E-state index is -6.24. The van der Waals surface area contributed by atoms with E-state index in [1.807, 2.05) is 0 Å². The van der Waals surface area contributed by atoms with Gasteiger partial charge in [-0.05, 0) is 68.8 Å². The molecule has 0 amide bonds. The molecule has 5 rings (SSSR count). The van der Waals surface area contributed by atoms with Crippen molar-refractivity contribution < 1.29 is 58.7 Å². The quantitative estimate of drug-likeness (QED) is 0.199. The van der Waals surface area contributed by atoms with Gasteiger partial charge in [-0.25, -0.2) is 4.79 Å². The molecule has 4 fully saturated rings. The van der Waals surface area contributed by atoms with Crippen molar-refractivity contribution >= 4 is 22.1 Å². The summed E-state index contributed by atoms with van der Waals surface area (Å²) in [4.78, 5) is 26.2. The molecule has 0 saturated heterocycles. The maximum atomic E-state index is 14.4. The predicted octanol–water partition coefficient (Wildman–Crippen LogP) is 4.55. The fourth-order valence-corrected chi connectivity index (χ4v) is 6.38. The van der Waals surface area contributed by atoms with Gasteiger partial charge in [0, 0.05) is 0 Å². The third kappa shape index (κ3) is 5.39. The second-order valence-electron chi connectivity index (χ2n) is 10.7. The summed E-state index contributed by atoms with van der Waals surface area (Å²) in [6, 6.07) is 6.03. The molecule has 0 heterocycles. The smallest absolute Gasteiger partial charge is 0.456 e. The van der Waals surface area contributed by atoms with E-state index in [1.54, 1.807) is 19.1 Å². The Hall–Kier alpha value is -2.32. The molecule has 1 aromatic carbocycles. The van der Waals surface area contributed by atoms with E-state index in [1.165, 1.54) is 12.1 Å². The Bertz CT molecular complexity index is 1150. The number of benzene rings is 1. The topological polar surface area (TPSA) is 116 Å². The number of rotatable bonds is 9. The zero-order valence-electron chi connectivity index (χ0n) is 20.3. The second kappa shape index (κ2) is 9.70. The van der Waals surface area contributed by atoms with E-state index < -0.39 is 57.9 Å². The van der Waals surface area contributed by atoms with E-state index in [4.69, 9.17) is 14.0 Å². The molecule has 4 bridgehead atoms. The van der Waals surface area contributed by atoms with Crippen LogP contribution in [0.2, 0.25) is 0 Å². The molecule has 8 nitrogen and oxygen atoms in total. The van der Waals surface area contributed by atoms with Gasteiger partial charge in [0.2, 0.25) is 0 Å². The molecule has 1 unspecified atom stereocenters. The van der Waals surface area contributed by atoms with Crippen LogP contribution in [0.3, 0.4) is 0 Å². The number of halogens is 5. The molecule has 212 valence electrons. The van der Waals surface area contributed by atoms with Gasteiger partial charge in [0.25, 0.3) is 0 Å². The van der Waals surface area contributed by atoms with Crippen LogP contribution in [-0.2, 0) is 40.5 Å². The van der Waals surface area contributed by atoms with Crippen molar-refractivity contribution in [2.45, 2.75) is 69.3 Å². The highest BCUT2D eigenvalue weighted by atomic mass is 32.2. The molecule has 0 spiro atoms. The molecule has 4 aliphatic carbocycles. The number of aryl methyl sites for hydroxylation is 1. The Balaban J connectivity index is 1.65. The van der Waals surface area contributed by atoms with Gasteiger partial charge in [0.05, 0.1) is 5.41 Å². The minimum absolute atomic E-state index is 0.0763. The Labute approximate surface area is 215 Å². The lowest BCUT2D eigenvalue weighted by atomic mass is 9.49. The standard InChI is InChI=1S/C24H27F5O8S/c1-14-2-4-15(5-3-14)12-35-20(31)23(24(27,28)29,36-13-22(25,26)38(32,33)34)37-19(30)21-9-16-6-17(10-21)8-18(7-16)11-21/h2-5,16-18H,6-13H2,1H3,(H,32,33,34). The van der Waals surface area contributed by atoms with Crippen LogP contribution in [0.15, 0.2) is 24.3 Å². The van der Waals surface area contributed by atoms with Gasteiger partial charge in [0.15, 0.2) is 0 Å². The molecule has 4 saturated carbocycles. The van der Waals surface area contributed by atoms with Crippen molar-refractivity contribution in [3.05, 3.63) is 35.4 Å². The Morgan fingerprint density at radius 2 is 1.47 bits per heavy atom. The number of esters is 2. The summed E-state index contributed by atoms with van der Waals surface area (Å²) in [7, 11) is -6.24. The van der Waals surface area contributed by atoms with Crippen LogP contribution in [0.1, 0.15) is 49.7 Å². The number of hydrogen-bond donors (Lipinski definition) is 1. The number of carbonyl (C=O) groups is 2. The van der Waals surface area contributed by atoms with Gasteiger partial charge >= 0.3 is 39.3 Å². The Kier molecular flexibility index (Phi) is 7.32. The number of ether oxygens (including phenoxy) is 3. The lowest BCUT2D eigenvalue weighted by Crippen LogP contribution is -2.62. The average molecular weight is 571 g/mol. The summed E-state index contributed by atoms with van der Waals surface area (Å²) in [5.74, 6) is -8.29. The van der Waals surface area contributed by atoms with Crippen LogP contribution in [0.5, 0.6) is 0 Å². The van der Waals surface area contributed by atoms with Gasteiger partial charge in [-0.15, -0.1) is 0 Å². The van der Waals surface area contributed by atoms with E-state index in [0.717, 1.165) is 24.8 Å². The number of carbonyl (C=O) groups excluding carboxylic acids is 2. The number of hydrogen-bond acceptors (Lipinski definition) is 7. The summed E-state index contributed by atoms with van der Waals surface area (Å²) in [5, 5.41) is -5.26. The van der Waals surface area contributed by atoms with E-state index in [9.17, 15) is 40.0 Å². The molecule has 14 heteroatoms. The van der Waals surface area contributed by atoms with Crippen LogP contribution >= 0.6 is 0 Å². The van der Waals surface area contributed by atoms with Crippen molar-refractivity contribution in [1.29, 1.82) is 0 Å². The summed E-state index contributed by atoms with van der Waals surface area (Å²) in [5.41, 5.74) is -0.335. The normalized spacial score (nSPS) is 28.6. The SMILES string of the molecule is Cc1ccc(COC(=O)C(OCC(F)(F)S(=O)(=O)O)(OC(=O)C23CC4CC(CC(C4)C2)C3)C(F)(F)F)cc1. The summed E-state index contributed by atoms with van der Waals surface area (Å²) < 4.78 is 115. The fraction of sp³-hybridized carbons (Fsp3) is 0.667. The molecule has 1 atom stereocenters. The van der Waals surface area contributed by atoms with Crippen LogP contribution in [0.4, 0.5) is 22.0 Å². The lowest BCUT2D eigenvalue weighted by molar-refractivity contribution is -0.364. The van der Waals surface area contributed by atoms with Gasteiger partial charge in [0.1, 0.15) is 13.2 Å². The van der Waals surface area contributed by atoms with Crippen molar-refractivity contribution in [1.82, 2.24) is 0 Å². The van der Waals surface area contributed by atoms with Crippen molar-refractivity contribution in [2.24, 2.45) is 23.2 Å². The van der Waals surface area contributed by atoms with Crippen molar-refractivity contribution in [3.8, 4) is 0 Å². The first kappa shape index (κ1) is 28.7. The van der Waals surface area contributed by atoms with Crippen LogP contribution in [-0.4, -0.2) is 48.7 Å². The highest BCUT2D eigenvalue weighted by molar-refractivity contribution is 7.86. The van der Waals surface area contributed by atoms with Gasteiger partial charge in [-0.2, -0.15) is 30.4 Å². The van der Waals surface area contributed by atoms with Crippen LogP contribution in [0.25, 0.3) is 0 Å². The van der Waals surface area contributed by atoms with Crippen LogP contribution in [0, 0.1) is 30.1 Å². The maximum Gasteiger partial charge on any atom is 0.468 e. The molecule has 0 aliphatic heterocycles. The van der Waals surface area contributed by atoms with E-state index in [0.29, 0.717) is 0 Å². The average Bonchev–Trinajstić information content (AvgIpc) is 2.78. The van der Waals surface area contributed by atoms with E-state index in [2.05, 4.69) is 4.74 Å². The summed E-state index contributed by atoms with van der Waals surface area (Å²) in [6.45, 7) is -1.67. The largest absolute Gasteiger partial charge is 0.468 e. The van der Waals surface area contributed by atoms with Crippen molar-refractivity contribution in [2.75, 3.05) is 6.61 Å². The monoisotopic (exact) mass is 570 g/mol. The lowest BCUT2D eigenvalue weighted by Gasteiger charge is -2.55. The van der Waals surface area contributed by atoms with E-state index in [-0.39, 0.29) is 42.6 Å². The highest BCUT2D eigenvalue weighted by Crippen LogP contribution is 2.61. The maximum absolute atomic E-state index is 14.4. The molecule has 1 aromatic rings. The zero-order chi connectivity index (χ0) is 28.1. The molecular formula is C24H27F5O8S. The van der Waals surface area contributed by atoms with E-state index >= 15 is 0 Å². The molecule has 4 aliphatic rings. The first-order chi connectivity index (χ1) is 17.5. The highest BCUT2D eigenvalue weighted by Gasteiger charge is 2.70. The first-order valence-corrected chi connectivity index (χ1v) is 13.4. The zero-order valence-corrected chi connectivity index (χ0v) is 21.1. The van der Waals surface area contributed by atoms with Gasteiger partial charge in [-0.1, -0.05) is 29.8 Å². The van der Waals surface area contributed by atoms with Crippen LogP contribution < -0.4 is 0 Å². The third-order valence-corrected chi connectivity index (χ3v) is 8.53. The molecule has 38 heavy (non-hydrogen) atoms. The minimum Gasteiger partial charge on any atom is -0.456 e. The van der Waals surface area contributed by atoms with Gasteiger partial charge < -0.3 is 14.2 Å². The first-order valence-electron chi connectivity index (χ1n) is 12.0. The Morgan fingerprint density at radius 1 is 0.974 bits per heavy atom. The predicted molar refractivity (Wildman–Crippen MR) is 119 cm³/mol.